The number of hydrogen-bond donors (Lipinski definition) is 2. The van der Waals surface area contributed by atoms with Gasteiger partial charge in [-0.15, -0.1) is 0 Å². The zero-order valence-corrected chi connectivity index (χ0v) is 13.1. The lowest BCUT2D eigenvalue weighted by atomic mass is 10.2. The third-order valence-electron chi connectivity index (χ3n) is 2.59. The number of unbranched alkanes of at least 4 members (excludes halogenated alkanes) is 2. The van der Waals surface area contributed by atoms with Crippen molar-refractivity contribution in [3.05, 3.63) is 22.4 Å². The Morgan fingerprint density at radius 2 is 1.86 bits per heavy atom. The van der Waals surface area contributed by atoms with Crippen molar-refractivity contribution in [2.75, 3.05) is 19.0 Å². The van der Waals surface area contributed by atoms with E-state index < -0.39 is 0 Å². The molecule has 116 valence electrons. The Morgan fingerprint density at radius 1 is 1.19 bits per heavy atom. The maximum Gasteiger partial charge on any atom is 0.319 e. The number of pyridine rings is 1. The fraction of sp³-hybridized carbons (Fsp3) is 0.462. The summed E-state index contributed by atoms with van der Waals surface area (Å²) < 4.78 is 4.54. The standard InChI is InChI=1S/C13H17Cl2N3O3/c1-21-12(19)5-3-2-4-6-16-13(20)17-9-7-10(14)18-11(15)8-9/h7-8H,2-6H2,1H3,(H2,16,17,18,20). The number of ether oxygens (including phenoxy) is 1. The number of carbonyl (C=O) groups excluding carboxylic acids is 2. The molecule has 0 fully saturated rings. The number of hydrogen-bond acceptors (Lipinski definition) is 4. The number of methoxy groups -OCH3 is 1. The molecule has 0 aliphatic carbocycles. The molecule has 0 bridgehead atoms. The summed E-state index contributed by atoms with van der Waals surface area (Å²) >= 11 is 11.5. The highest BCUT2D eigenvalue weighted by atomic mass is 35.5. The summed E-state index contributed by atoms with van der Waals surface area (Å²) in [6.45, 7) is 0.513. The molecule has 1 rings (SSSR count). The van der Waals surface area contributed by atoms with Crippen molar-refractivity contribution in [1.29, 1.82) is 0 Å². The molecule has 0 aliphatic rings. The molecule has 8 heteroatoms. The summed E-state index contributed by atoms with van der Waals surface area (Å²) in [6, 6.07) is 2.66. The first-order chi connectivity index (χ1) is 10.0. The zero-order chi connectivity index (χ0) is 15.7. The number of carbonyl (C=O) groups is 2. The average Bonchev–Trinajstić information content (AvgIpc) is 2.41. The van der Waals surface area contributed by atoms with E-state index in [0.29, 0.717) is 18.7 Å². The van der Waals surface area contributed by atoms with Crippen molar-refractivity contribution in [1.82, 2.24) is 10.3 Å². The molecule has 0 saturated heterocycles. The van der Waals surface area contributed by atoms with E-state index in [9.17, 15) is 9.59 Å². The normalized spacial score (nSPS) is 10.0. The van der Waals surface area contributed by atoms with Gasteiger partial charge in [0, 0.05) is 18.7 Å². The maximum atomic E-state index is 11.6. The highest BCUT2D eigenvalue weighted by Crippen LogP contribution is 2.18. The number of aromatic nitrogens is 1. The fourth-order valence-corrected chi connectivity index (χ4v) is 2.05. The number of nitrogens with zero attached hydrogens (tertiary/aromatic N) is 1. The Labute approximate surface area is 133 Å². The minimum atomic E-state index is -0.346. The lowest BCUT2D eigenvalue weighted by Gasteiger charge is -2.08. The smallest absolute Gasteiger partial charge is 0.319 e. The summed E-state index contributed by atoms with van der Waals surface area (Å²) in [7, 11) is 1.37. The van der Waals surface area contributed by atoms with Crippen LogP contribution >= 0.6 is 23.2 Å². The molecule has 1 aromatic heterocycles. The second-order valence-corrected chi connectivity index (χ2v) is 5.04. The summed E-state index contributed by atoms with van der Waals surface area (Å²) in [5.41, 5.74) is 0.475. The van der Waals surface area contributed by atoms with Gasteiger partial charge in [-0.3, -0.25) is 4.79 Å². The topological polar surface area (TPSA) is 80.3 Å². The quantitative estimate of drug-likeness (QED) is 0.456. The highest BCUT2D eigenvalue weighted by Gasteiger charge is 2.04. The van der Waals surface area contributed by atoms with Crippen LogP contribution in [-0.4, -0.2) is 30.6 Å². The van der Waals surface area contributed by atoms with Gasteiger partial charge in [0.2, 0.25) is 0 Å². The molecule has 2 amide bonds. The Kier molecular flexibility index (Phi) is 7.85. The first kappa shape index (κ1) is 17.5. The van der Waals surface area contributed by atoms with Gasteiger partial charge in [-0.1, -0.05) is 29.6 Å². The maximum absolute atomic E-state index is 11.6. The summed E-state index contributed by atoms with van der Waals surface area (Å²) in [5, 5.41) is 5.73. The van der Waals surface area contributed by atoms with Gasteiger partial charge in [0.15, 0.2) is 0 Å². The third kappa shape index (κ3) is 7.72. The number of amides is 2. The van der Waals surface area contributed by atoms with Crippen LogP contribution in [0.5, 0.6) is 0 Å². The number of rotatable bonds is 7. The Hall–Kier alpha value is -1.53. The fourth-order valence-electron chi connectivity index (χ4n) is 1.59. The van der Waals surface area contributed by atoms with Crippen molar-refractivity contribution >= 4 is 40.9 Å². The van der Waals surface area contributed by atoms with E-state index >= 15 is 0 Å². The molecule has 1 aromatic rings. The van der Waals surface area contributed by atoms with Gasteiger partial charge in [0.05, 0.1) is 7.11 Å². The number of anilines is 1. The predicted molar refractivity (Wildman–Crippen MR) is 81.8 cm³/mol. The van der Waals surface area contributed by atoms with Crippen LogP contribution in [0, 0.1) is 0 Å². The van der Waals surface area contributed by atoms with Gasteiger partial charge >= 0.3 is 12.0 Å². The molecule has 21 heavy (non-hydrogen) atoms. The molecule has 1 heterocycles. The lowest BCUT2D eigenvalue weighted by molar-refractivity contribution is -0.140. The van der Waals surface area contributed by atoms with Crippen molar-refractivity contribution in [2.24, 2.45) is 0 Å². The monoisotopic (exact) mass is 333 g/mol. The minimum Gasteiger partial charge on any atom is -0.469 e. The van der Waals surface area contributed by atoms with E-state index in [1.807, 2.05) is 0 Å². The van der Waals surface area contributed by atoms with Crippen molar-refractivity contribution in [3.8, 4) is 0 Å². The van der Waals surface area contributed by atoms with Crippen LogP contribution in [0.15, 0.2) is 12.1 Å². The molecule has 2 N–H and O–H groups in total. The predicted octanol–water partition coefficient (Wildman–Crippen LogP) is 3.24. The number of esters is 1. The largest absolute Gasteiger partial charge is 0.469 e. The van der Waals surface area contributed by atoms with Crippen LogP contribution in [0.1, 0.15) is 25.7 Å². The molecule has 0 aromatic carbocycles. The van der Waals surface area contributed by atoms with Crippen molar-refractivity contribution in [3.63, 3.8) is 0 Å². The van der Waals surface area contributed by atoms with Crippen LogP contribution in [0.25, 0.3) is 0 Å². The summed E-state index contributed by atoms with van der Waals surface area (Å²) in [4.78, 5) is 26.3. The van der Waals surface area contributed by atoms with Gasteiger partial charge < -0.3 is 15.4 Å². The number of nitrogens with one attached hydrogen (secondary N) is 2. The number of urea groups is 1. The molecule has 0 unspecified atom stereocenters. The van der Waals surface area contributed by atoms with Crippen LogP contribution in [0.4, 0.5) is 10.5 Å². The molecule has 0 spiro atoms. The summed E-state index contributed by atoms with van der Waals surface area (Å²) in [5.74, 6) is -0.216. The van der Waals surface area contributed by atoms with E-state index in [2.05, 4.69) is 20.4 Å². The minimum absolute atomic E-state index is 0.209. The second-order valence-electron chi connectivity index (χ2n) is 4.27. The van der Waals surface area contributed by atoms with E-state index in [-0.39, 0.29) is 22.3 Å². The van der Waals surface area contributed by atoms with Crippen molar-refractivity contribution < 1.29 is 14.3 Å². The van der Waals surface area contributed by atoms with Gasteiger partial charge in [-0.2, -0.15) is 0 Å². The molecule has 0 saturated carbocycles. The molecule has 6 nitrogen and oxygen atoms in total. The van der Waals surface area contributed by atoms with E-state index in [1.165, 1.54) is 19.2 Å². The number of halogens is 2. The SMILES string of the molecule is COC(=O)CCCCCNC(=O)Nc1cc(Cl)nc(Cl)c1. The van der Waals surface area contributed by atoms with E-state index in [1.54, 1.807) is 0 Å². The average molecular weight is 334 g/mol. The van der Waals surface area contributed by atoms with E-state index in [0.717, 1.165) is 19.3 Å². The van der Waals surface area contributed by atoms with Crippen LogP contribution in [0.3, 0.4) is 0 Å². The van der Waals surface area contributed by atoms with Crippen LogP contribution in [0.2, 0.25) is 10.3 Å². The van der Waals surface area contributed by atoms with Crippen LogP contribution in [-0.2, 0) is 9.53 Å². The lowest BCUT2D eigenvalue weighted by Crippen LogP contribution is -2.29. The Morgan fingerprint density at radius 3 is 2.48 bits per heavy atom. The van der Waals surface area contributed by atoms with E-state index in [4.69, 9.17) is 23.2 Å². The van der Waals surface area contributed by atoms with Gasteiger partial charge in [-0.25, -0.2) is 9.78 Å². The summed E-state index contributed by atoms with van der Waals surface area (Å²) in [6.07, 6.45) is 2.76. The molecule has 0 aliphatic heterocycles. The van der Waals surface area contributed by atoms with Crippen molar-refractivity contribution in [2.45, 2.75) is 25.7 Å². The van der Waals surface area contributed by atoms with Crippen LogP contribution < -0.4 is 10.6 Å². The third-order valence-corrected chi connectivity index (χ3v) is 2.98. The van der Waals surface area contributed by atoms with Gasteiger partial charge in [-0.05, 0) is 25.0 Å². The first-order valence-electron chi connectivity index (χ1n) is 6.46. The van der Waals surface area contributed by atoms with Gasteiger partial charge in [0.1, 0.15) is 10.3 Å². The molecular formula is C13H17Cl2N3O3. The van der Waals surface area contributed by atoms with Gasteiger partial charge in [0.25, 0.3) is 0 Å². The highest BCUT2D eigenvalue weighted by molar-refractivity contribution is 6.32. The molecule has 0 radical (unpaired) electrons. The molecule has 0 atom stereocenters. The molecular weight excluding hydrogens is 317 g/mol. The zero-order valence-electron chi connectivity index (χ0n) is 11.6. The Balaban J connectivity index is 2.18. The Bertz CT molecular complexity index is 477. The first-order valence-corrected chi connectivity index (χ1v) is 7.21. The second kappa shape index (κ2) is 9.41.